The highest BCUT2D eigenvalue weighted by Crippen LogP contribution is 2.39. The van der Waals surface area contributed by atoms with Gasteiger partial charge in [-0.3, -0.25) is 0 Å². The molecule has 1 aromatic heterocycles. The van der Waals surface area contributed by atoms with Gasteiger partial charge in [0.05, 0.1) is 0 Å². The van der Waals surface area contributed by atoms with Crippen molar-refractivity contribution >= 4 is 24.2 Å². The third kappa shape index (κ3) is 5.18. The van der Waals surface area contributed by atoms with Crippen molar-refractivity contribution in [1.82, 2.24) is 13.5 Å². The topological polar surface area (TPSA) is 66.4 Å². The van der Waals surface area contributed by atoms with E-state index in [2.05, 4.69) is 13.5 Å². The van der Waals surface area contributed by atoms with Gasteiger partial charge in [-0.05, 0) is 36.4 Å². The predicted octanol–water partition coefficient (Wildman–Crippen LogP) is 6.20. The lowest BCUT2D eigenvalue weighted by atomic mass is 10.3. The maximum Gasteiger partial charge on any atom is 0.682 e. The van der Waals surface area contributed by atoms with E-state index in [1.54, 1.807) is 0 Å². The molecule has 4 aromatic rings. The maximum atomic E-state index is 5.94. The van der Waals surface area contributed by atoms with E-state index in [-0.39, 0.29) is 0 Å². The lowest BCUT2D eigenvalue weighted by Gasteiger charge is -1.91. The lowest BCUT2D eigenvalue weighted by molar-refractivity contribution is 0.600. The minimum Gasteiger partial charge on any atom is -0.243 e. The molecule has 4 rings (SSSR count). The summed E-state index contributed by atoms with van der Waals surface area (Å²) in [5.41, 5.74) is 0. The highest BCUT2D eigenvalue weighted by molar-refractivity contribution is 7.58. The van der Waals surface area contributed by atoms with Crippen LogP contribution in [0.5, 0.6) is 17.2 Å². The van der Waals surface area contributed by atoms with Crippen molar-refractivity contribution in [3.63, 3.8) is 0 Å². The average molecular weight is 414 g/mol. The van der Waals surface area contributed by atoms with E-state index in [9.17, 15) is 0 Å². The van der Waals surface area contributed by atoms with Crippen molar-refractivity contribution in [3.05, 3.63) is 91.0 Å². The molecule has 3 aromatic carbocycles. The SMILES string of the molecule is c1ccc(O[p+]2n[p+](Oc3ccccc3)n[p+](Oc3ccccc3)n2)cc1. The molecule has 0 radical (unpaired) electrons. The molecule has 0 saturated heterocycles. The zero-order valence-electron chi connectivity index (χ0n) is 14.1. The Bertz CT molecular complexity index is 865. The highest BCUT2D eigenvalue weighted by atomic mass is 31.2. The highest BCUT2D eigenvalue weighted by Gasteiger charge is 2.42. The lowest BCUT2D eigenvalue weighted by Crippen LogP contribution is -1.92. The average Bonchev–Trinajstić information content (AvgIpc) is 2.70. The van der Waals surface area contributed by atoms with Crippen molar-refractivity contribution in [3.8, 4) is 17.2 Å². The van der Waals surface area contributed by atoms with Crippen LogP contribution in [-0.2, 0) is 0 Å². The monoisotopic (exact) mass is 414 g/mol. The largest absolute Gasteiger partial charge is 0.682 e. The molecule has 27 heavy (non-hydrogen) atoms. The molecule has 0 atom stereocenters. The molecule has 0 aliphatic rings. The van der Waals surface area contributed by atoms with Crippen LogP contribution in [0.2, 0.25) is 0 Å². The Morgan fingerprint density at radius 3 is 0.926 bits per heavy atom. The third-order valence-corrected chi connectivity index (χ3v) is 8.04. The van der Waals surface area contributed by atoms with Gasteiger partial charge in [0.25, 0.3) is 13.5 Å². The molecule has 0 N–H and O–H groups in total. The number of hydrogen-bond acceptors (Lipinski definition) is 6. The van der Waals surface area contributed by atoms with Gasteiger partial charge in [-0.15, -0.1) is 0 Å². The van der Waals surface area contributed by atoms with Gasteiger partial charge in [-0.1, -0.05) is 54.6 Å². The molecule has 0 aliphatic carbocycles. The van der Waals surface area contributed by atoms with Crippen LogP contribution in [0, 0.1) is 0 Å². The van der Waals surface area contributed by atoms with Gasteiger partial charge in [0.1, 0.15) is 0 Å². The van der Waals surface area contributed by atoms with Gasteiger partial charge in [0.2, 0.25) is 0 Å². The van der Waals surface area contributed by atoms with Crippen LogP contribution in [-0.4, -0.2) is 13.5 Å². The molecular formula is C18H15N3O3P3+3. The molecule has 0 fully saturated rings. The van der Waals surface area contributed by atoms with Gasteiger partial charge in [0, 0.05) is 0 Å². The van der Waals surface area contributed by atoms with E-state index in [4.69, 9.17) is 13.6 Å². The fraction of sp³-hybridized carbons (Fsp3) is 0. The number of hydrogen-bond donors (Lipinski definition) is 0. The summed E-state index contributed by atoms with van der Waals surface area (Å²) in [6.45, 7) is 0. The normalized spacial score (nSPS) is 12.2. The Hall–Kier alpha value is -2.64. The molecule has 0 aliphatic heterocycles. The van der Waals surface area contributed by atoms with E-state index in [1.807, 2.05) is 91.0 Å². The van der Waals surface area contributed by atoms with Gasteiger partial charge in [0.15, 0.2) is 17.2 Å². The Balaban J connectivity index is 1.64. The Labute approximate surface area is 159 Å². The second-order valence-electron chi connectivity index (χ2n) is 5.24. The van der Waals surface area contributed by atoms with Crippen LogP contribution in [0.25, 0.3) is 0 Å². The number of rotatable bonds is 6. The predicted molar refractivity (Wildman–Crippen MR) is 109 cm³/mol. The molecule has 9 heteroatoms. The standard InChI is InChI=1S/C18H15N3O3P3/c1-4-10-16(11-5-1)22-25-19-26(23-17-12-6-2-7-13-17)21-27(20-25)24-18-14-8-3-9-15-18/h1-15H/q+3. The minimum absolute atomic E-state index is 0.710. The van der Waals surface area contributed by atoms with Crippen LogP contribution in [0.1, 0.15) is 0 Å². The first-order chi connectivity index (χ1) is 13.3. The summed E-state index contributed by atoms with van der Waals surface area (Å²) >= 11 is 0. The van der Waals surface area contributed by atoms with Crippen molar-refractivity contribution in [2.24, 2.45) is 0 Å². The molecule has 0 saturated carbocycles. The number of para-hydroxylation sites is 3. The second kappa shape index (κ2) is 8.83. The van der Waals surface area contributed by atoms with Crippen LogP contribution in [0.15, 0.2) is 91.0 Å². The van der Waals surface area contributed by atoms with Crippen molar-refractivity contribution in [2.75, 3.05) is 0 Å². The quantitative estimate of drug-likeness (QED) is 0.374. The molecule has 0 spiro atoms. The van der Waals surface area contributed by atoms with Crippen molar-refractivity contribution < 1.29 is 13.6 Å². The summed E-state index contributed by atoms with van der Waals surface area (Å²) in [4.78, 5) is 0. The van der Waals surface area contributed by atoms with E-state index in [0.29, 0.717) is 17.2 Å². The zero-order chi connectivity index (χ0) is 18.3. The summed E-state index contributed by atoms with van der Waals surface area (Å²) in [5.74, 6) is 2.13. The van der Waals surface area contributed by atoms with Gasteiger partial charge < -0.3 is 0 Å². The smallest absolute Gasteiger partial charge is 0.243 e. The first-order valence-corrected chi connectivity index (χ1v) is 11.6. The molecule has 1 heterocycles. The molecular weight excluding hydrogens is 399 g/mol. The molecule has 0 amide bonds. The number of benzene rings is 3. The van der Waals surface area contributed by atoms with E-state index in [0.717, 1.165) is 0 Å². The van der Waals surface area contributed by atoms with Gasteiger partial charge >= 0.3 is 24.2 Å². The van der Waals surface area contributed by atoms with Crippen molar-refractivity contribution in [2.45, 2.75) is 0 Å². The van der Waals surface area contributed by atoms with Crippen LogP contribution in [0.4, 0.5) is 0 Å². The van der Waals surface area contributed by atoms with Crippen LogP contribution in [0.3, 0.4) is 0 Å². The number of nitrogens with zero attached hydrogens (tertiary/aromatic N) is 3. The molecule has 132 valence electrons. The first-order valence-electron chi connectivity index (χ1n) is 8.09. The minimum atomic E-state index is -1.46. The summed E-state index contributed by atoms with van der Waals surface area (Å²) in [6.07, 6.45) is 0. The summed E-state index contributed by atoms with van der Waals surface area (Å²) in [5, 5.41) is 0. The molecule has 0 unspecified atom stereocenters. The van der Waals surface area contributed by atoms with E-state index >= 15 is 0 Å². The molecule has 0 bridgehead atoms. The van der Waals surface area contributed by atoms with E-state index < -0.39 is 24.2 Å². The summed E-state index contributed by atoms with van der Waals surface area (Å²) in [6, 6.07) is 28.5. The third-order valence-electron chi connectivity index (χ3n) is 3.25. The van der Waals surface area contributed by atoms with Gasteiger partial charge in [-0.25, -0.2) is 13.6 Å². The van der Waals surface area contributed by atoms with Gasteiger partial charge in [-0.2, -0.15) is 0 Å². The summed E-state index contributed by atoms with van der Waals surface area (Å²) in [7, 11) is -4.37. The fourth-order valence-electron chi connectivity index (χ4n) is 2.09. The molecule has 6 nitrogen and oxygen atoms in total. The first kappa shape index (κ1) is 17.8. The fourth-order valence-corrected chi connectivity index (χ4v) is 6.86. The Morgan fingerprint density at radius 1 is 0.407 bits per heavy atom. The number of aromatic nitrogens is 3. The van der Waals surface area contributed by atoms with Crippen molar-refractivity contribution in [1.29, 1.82) is 0 Å². The Kier molecular flexibility index (Phi) is 5.81. The maximum absolute atomic E-state index is 5.94. The second-order valence-corrected chi connectivity index (χ2v) is 9.45. The van der Waals surface area contributed by atoms with Crippen LogP contribution >= 0.6 is 24.2 Å². The Morgan fingerprint density at radius 2 is 0.667 bits per heavy atom. The van der Waals surface area contributed by atoms with E-state index in [1.165, 1.54) is 0 Å². The van der Waals surface area contributed by atoms with Crippen LogP contribution < -0.4 is 13.6 Å². The summed E-state index contributed by atoms with van der Waals surface area (Å²) < 4.78 is 31.5. The zero-order valence-corrected chi connectivity index (χ0v) is 16.8.